The minimum Gasteiger partial charge on any atom is -0.460 e. The van der Waals surface area contributed by atoms with Gasteiger partial charge in [0.05, 0.1) is 23.5 Å². The Labute approximate surface area is 360 Å². The van der Waals surface area contributed by atoms with Gasteiger partial charge in [-0.25, -0.2) is 12.8 Å². The van der Waals surface area contributed by atoms with E-state index in [1.165, 1.54) is 42.4 Å². The Hall–Kier alpha value is -2.78. The molecule has 1 saturated heterocycles. The molecule has 1 aromatic rings. The van der Waals surface area contributed by atoms with Gasteiger partial charge in [-0.05, 0) is 158 Å². The van der Waals surface area contributed by atoms with Crippen LogP contribution in [0.15, 0.2) is 65.8 Å². The number of hydrogen-bond donors (Lipinski definition) is 1. The summed E-state index contributed by atoms with van der Waals surface area (Å²) >= 11 is 0. The molecule has 0 spiro atoms. The van der Waals surface area contributed by atoms with Gasteiger partial charge in [0, 0.05) is 18.6 Å². The van der Waals surface area contributed by atoms with E-state index in [9.17, 15) is 22.4 Å². The average Bonchev–Trinajstić information content (AvgIpc) is 3.57. The van der Waals surface area contributed by atoms with Crippen LogP contribution in [0.1, 0.15) is 131 Å². The predicted molar refractivity (Wildman–Crippen MR) is 237 cm³/mol. The summed E-state index contributed by atoms with van der Waals surface area (Å²) in [6.07, 6.45) is 17.7. The Morgan fingerprint density at radius 3 is 2.28 bits per heavy atom. The molecule has 1 N–H and O–H groups in total. The van der Waals surface area contributed by atoms with Crippen LogP contribution in [-0.4, -0.2) is 68.5 Å². The molecule has 60 heavy (non-hydrogen) atoms. The highest BCUT2D eigenvalue weighted by molar-refractivity contribution is 7.91. The van der Waals surface area contributed by atoms with Crippen molar-refractivity contribution in [1.29, 1.82) is 0 Å². The van der Waals surface area contributed by atoms with Crippen molar-refractivity contribution >= 4 is 21.7 Å². The van der Waals surface area contributed by atoms with Crippen molar-refractivity contribution in [3.05, 3.63) is 71.3 Å². The molecular formula is C51H73FN2O5S. The summed E-state index contributed by atoms with van der Waals surface area (Å²) in [5, 5.41) is 3.95. The van der Waals surface area contributed by atoms with Crippen LogP contribution in [0.5, 0.6) is 0 Å². The molecule has 9 heteroatoms. The van der Waals surface area contributed by atoms with E-state index in [2.05, 4.69) is 65.6 Å². The summed E-state index contributed by atoms with van der Waals surface area (Å²) in [4.78, 5) is 28.7. The maximum atomic E-state index is 14.8. The van der Waals surface area contributed by atoms with Gasteiger partial charge in [-0.1, -0.05) is 82.7 Å². The van der Waals surface area contributed by atoms with E-state index >= 15 is 0 Å². The number of sulfone groups is 1. The number of carbonyl (C=O) groups is 2. The van der Waals surface area contributed by atoms with Crippen molar-refractivity contribution in [2.45, 2.75) is 137 Å². The number of nitrogens with one attached hydrogen (secondary N) is 1. The summed E-state index contributed by atoms with van der Waals surface area (Å²) in [6, 6.07) is 9.63. The lowest BCUT2D eigenvalue weighted by Gasteiger charge is -2.72. The van der Waals surface area contributed by atoms with Gasteiger partial charge in [0.2, 0.25) is 5.91 Å². The number of fused-ring (bicyclic) bond motifs is 7. The summed E-state index contributed by atoms with van der Waals surface area (Å²) in [6.45, 7) is 19.8. The van der Waals surface area contributed by atoms with Crippen LogP contribution in [0.4, 0.5) is 4.39 Å². The summed E-state index contributed by atoms with van der Waals surface area (Å²) in [5.74, 6) is 2.45. The fourth-order valence-corrected chi connectivity index (χ4v) is 16.8. The molecule has 7 nitrogen and oxygen atoms in total. The van der Waals surface area contributed by atoms with E-state index in [0.29, 0.717) is 61.9 Å². The lowest BCUT2D eigenvalue weighted by molar-refractivity contribution is -0.222. The Balaban J connectivity index is 1.01. The number of alkyl halides is 1. The first kappa shape index (κ1) is 43.9. The zero-order chi connectivity index (χ0) is 42.9. The lowest BCUT2D eigenvalue weighted by Crippen LogP contribution is -2.68. The fraction of sp³-hybridized carbons (Fsp3) is 0.725. The fourth-order valence-electron chi connectivity index (χ4n) is 15.6. The summed E-state index contributed by atoms with van der Waals surface area (Å²) in [7, 11) is -3.05. The van der Waals surface area contributed by atoms with Crippen molar-refractivity contribution in [3.8, 4) is 0 Å². The molecule has 330 valence electrons. The molecule has 6 aliphatic carbocycles. The summed E-state index contributed by atoms with van der Waals surface area (Å²) in [5.41, 5.74) is 4.15. The van der Waals surface area contributed by atoms with Crippen molar-refractivity contribution in [1.82, 2.24) is 10.2 Å². The van der Waals surface area contributed by atoms with E-state index < -0.39 is 27.9 Å². The molecule has 5 fully saturated rings. The zero-order valence-corrected chi connectivity index (χ0v) is 38.4. The van der Waals surface area contributed by atoms with Crippen LogP contribution in [0.3, 0.4) is 0 Å². The minimum absolute atomic E-state index is 0.0380. The maximum absolute atomic E-state index is 14.8. The molecule has 0 aromatic heterocycles. The largest absolute Gasteiger partial charge is 0.460 e. The maximum Gasteiger partial charge on any atom is 0.315 e. The van der Waals surface area contributed by atoms with E-state index in [4.69, 9.17) is 4.74 Å². The number of nitrogens with zero attached hydrogens (tertiary/aromatic N) is 1. The van der Waals surface area contributed by atoms with E-state index in [1.54, 1.807) is 4.90 Å². The molecule has 8 rings (SSSR count). The summed E-state index contributed by atoms with van der Waals surface area (Å²) < 4.78 is 44.7. The quantitative estimate of drug-likeness (QED) is 0.186. The number of ether oxygens (including phenoxy) is 1. The second-order valence-corrected chi connectivity index (χ2v) is 24.5. The zero-order valence-electron chi connectivity index (χ0n) is 37.6. The molecule has 7 aliphatic rings. The van der Waals surface area contributed by atoms with Crippen LogP contribution in [-0.2, 0) is 30.8 Å². The molecule has 0 bridgehead atoms. The Kier molecular flexibility index (Phi) is 11.5. The second kappa shape index (κ2) is 15.8. The third-order valence-corrected chi connectivity index (χ3v) is 20.5. The average molecular weight is 845 g/mol. The molecule has 1 aromatic carbocycles. The number of amides is 1. The number of hydrogen-bond acceptors (Lipinski definition) is 6. The normalized spacial score (nSPS) is 40.5. The number of allylic oxidation sites excluding steroid dienone is 5. The number of esters is 1. The number of rotatable bonds is 10. The molecule has 10 unspecified atom stereocenters. The highest BCUT2D eigenvalue weighted by Crippen LogP contribution is 2.76. The molecular weight excluding hydrogens is 772 g/mol. The number of benzene rings is 1. The van der Waals surface area contributed by atoms with Gasteiger partial charge in [-0.3, -0.25) is 9.59 Å². The van der Waals surface area contributed by atoms with Crippen molar-refractivity contribution in [2.24, 2.45) is 56.7 Å². The minimum atomic E-state index is -3.05. The van der Waals surface area contributed by atoms with Gasteiger partial charge in [-0.15, -0.1) is 6.58 Å². The number of halogens is 1. The first-order chi connectivity index (χ1) is 28.3. The highest BCUT2D eigenvalue weighted by atomic mass is 32.2. The van der Waals surface area contributed by atoms with Gasteiger partial charge >= 0.3 is 5.97 Å². The van der Waals surface area contributed by atoms with Crippen molar-refractivity contribution in [2.75, 3.05) is 37.8 Å². The molecule has 0 radical (unpaired) electrons. The monoisotopic (exact) mass is 845 g/mol. The van der Waals surface area contributed by atoms with Gasteiger partial charge in [0.25, 0.3) is 0 Å². The molecule has 1 aliphatic heterocycles. The van der Waals surface area contributed by atoms with Crippen molar-refractivity contribution in [3.63, 3.8) is 0 Å². The SMILES string of the molecule is C=C(C)CC1CCC2(NCC(=O)N3CCS(=O)(=O)CC3)CCC3(C)C(CCC4C5(C)CC=C(C6=CCC(CF)(C(=O)OCc7ccccc7)CC6)C(C)(C)C5CCC43C)C12. The van der Waals surface area contributed by atoms with E-state index in [1.807, 2.05) is 30.3 Å². The Morgan fingerprint density at radius 1 is 0.883 bits per heavy atom. The van der Waals surface area contributed by atoms with Crippen LogP contribution in [0, 0.1) is 56.7 Å². The number of carbonyl (C=O) groups excluding carboxylic acids is 2. The molecule has 4 saturated carbocycles. The predicted octanol–water partition coefficient (Wildman–Crippen LogP) is 9.98. The second-order valence-electron chi connectivity index (χ2n) is 22.1. The van der Waals surface area contributed by atoms with Crippen molar-refractivity contribution < 1.29 is 27.1 Å². The third kappa shape index (κ3) is 7.19. The van der Waals surface area contributed by atoms with Crippen LogP contribution < -0.4 is 5.32 Å². The van der Waals surface area contributed by atoms with Gasteiger partial charge in [-0.2, -0.15) is 0 Å². The smallest absolute Gasteiger partial charge is 0.315 e. The van der Waals surface area contributed by atoms with Gasteiger partial charge < -0.3 is 15.0 Å². The molecule has 1 amide bonds. The van der Waals surface area contributed by atoms with Gasteiger partial charge in [0.15, 0.2) is 9.84 Å². The van der Waals surface area contributed by atoms with Crippen LogP contribution >= 0.6 is 0 Å². The van der Waals surface area contributed by atoms with Crippen LogP contribution in [0.25, 0.3) is 0 Å². The first-order valence-corrected chi connectivity index (χ1v) is 25.2. The standard InChI is InChI=1S/C51H73FN2O5S/c1-35(2)31-38-17-24-51(53-32-43(55)54-27-29-60(57,58)30-28-54)26-25-48(6)40(44(38)51)13-14-42-47(5)20-18-39(46(3,4)41(47)19-21-49(42,48)7)37-15-22-50(34-52,23-16-37)45(56)59-33-36-11-9-8-10-12-36/h8-12,15,18,38,40-42,44,53H,1,13-14,16-17,19-34H2,2-7H3. The van der Waals surface area contributed by atoms with Crippen LogP contribution in [0.2, 0.25) is 0 Å². The lowest BCUT2D eigenvalue weighted by atomic mass is 9.33. The van der Waals surface area contributed by atoms with Gasteiger partial charge in [0.1, 0.15) is 13.3 Å². The highest BCUT2D eigenvalue weighted by Gasteiger charge is 2.70. The Morgan fingerprint density at radius 2 is 1.62 bits per heavy atom. The first-order valence-electron chi connectivity index (χ1n) is 23.4. The third-order valence-electron chi connectivity index (χ3n) is 18.9. The topological polar surface area (TPSA) is 92.8 Å². The van der Waals surface area contributed by atoms with E-state index in [0.717, 1.165) is 44.1 Å². The molecule has 10 atom stereocenters. The Bertz CT molecular complexity index is 2020. The molecule has 1 heterocycles. The van der Waals surface area contributed by atoms with E-state index in [-0.39, 0.29) is 57.8 Å².